The van der Waals surface area contributed by atoms with Crippen LogP contribution in [0, 0.1) is 10.1 Å². The van der Waals surface area contributed by atoms with E-state index in [1.165, 1.54) is 19.2 Å². The van der Waals surface area contributed by atoms with Gasteiger partial charge in [0, 0.05) is 26.2 Å². The minimum absolute atomic E-state index is 0. The van der Waals surface area contributed by atoms with Crippen molar-refractivity contribution >= 4 is 25.7 Å². The Hall–Kier alpha value is -1.42. The standard InChI is InChI=1S/C17H28N3O7P.ClH/c1-5-26-28(24,27-6-2)17(19-11-9-18(3)10-12-19)13-7-8-14(21)16(25-4)15(13)20(22)23;/h7-8,17,21H,5-6,9-12H2,1-4H3;1H. The highest BCUT2D eigenvalue weighted by molar-refractivity contribution is 7.54. The highest BCUT2D eigenvalue weighted by Crippen LogP contribution is 2.64. The number of rotatable bonds is 9. The summed E-state index contributed by atoms with van der Waals surface area (Å²) in [6.45, 7) is 6.12. The van der Waals surface area contributed by atoms with Crippen LogP contribution in [0.5, 0.6) is 11.5 Å². The van der Waals surface area contributed by atoms with Crippen molar-refractivity contribution in [2.75, 3.05) is 53.6 Å². The highest BCUT2D eigenvalue weighted by atomic mass is 35.5. The fraction of sp³-hybridized carbons (Fsp3) is 0.647. The summed E-state index contributed by atoms with van der Waals surface area (Å²) in [6.07, 6.45) is 0. The summed E-state index contributed by atoms with van der Waals surface area (Å²) < 4.78 is 29.9. The molecule has 0 bridgehead atoms. The van der Waals surface area contributed by atoms with E-state index < -0.39 is 24.0 Å². The zero-order valence-corrected chi connectivity index (χ0v) is 18.8. The molecule has 0 aromatic heterocycles. The quantitative estimate of drug-likeness (QED) is 0.341. The van der Waals surface area contributed by atoms with Gasteiger partial charge in [0.05, 0.1) is 30.8 Å². The zero-order valence-electron chi connectivity index (χ0n) is 17.1. The fourth-order valence-corrected chi connectivity index (χ4v) is 5.60. The first-order valence-corrected chi connectivity index (χ1v) is 10.8. The Morgan fingerprint density at radius 2 is 1.76 bits per heavy atom. The van der Waals surface area contributed by atoms with E-state index in [1.54, 1.807) is 13.8 Å². The van der Waals surface area contributed by atoms with Crippen molar-refractivity contribution in [3.05, 3.63) is 27.8 Å². The maximum atomic E-state index is 13.7. The lowest BCUT2D eigenvalue weighted by molar-refractivity contribution is -0.386. The minimum Gasteiger partial charge on any atom is -0.504 e. The first-order chi connectivity index (χ1) is 13.3. The number of nitrogens with zero attached hydrogens (tertiary/aromatic N) is 3. The smallest absolute Gasteiger partial charge is 0.352 e. The third-order valence-electron chi connectivity index (χ3n) is 4.61. The Labute approximate surface area is 176 Å². The molecule has 1 N–H and O–H groups in total. The van der Waals surface area contributed by atoms with Crippen molar-refractivity contribution in [2.45, 2.75) is 19.6 Å². The predicted octanol–water partition coefficient (Wildman–Crippen LogP) is 3.24. The number of phenolic OH excluding ortho intramolecular Hbond substituents is 1. The number of methoxy groups -OCH3 is 1. The molecule has 1 heterocycles. The van der Waals surface area contributed by atoms with E-state index in [2.05, 4.69) is 4.90 Å². The van der Waals surface area contributed by atoms with Gasteiger partial charge in [0.1, 0.15) is 5.78 Å². The summed E-state index contributed by atoms with van der Waals surface area (Å²) in [5.41, 5.74) is -0.305. The van der Waals surface area contributed by atoms with E-state index >= 15 is 0 Å². The number of aromatic hydroxyl groups is 1. The van der Waals surface area contributed by atoms with Gasteiger partial charge < -0.3 is 23.8 Å². The van der Waals surface area contributed by atoms with E-state index in [9.17, 15) is 19.8 Å². The first-order valence-electron chi connectivity index (χ1n) is 9.14. The van der Waals surface area contributed by atoms with Crippen LogP contribution >= 0.6 is 20.0 Å². The van der Waals surface area contributed by atoms with Crippen LogP contribution in [0.2, 0.25) is 0 Å². The van der Waals surface area contributed by atoms with Gasteiger partial charge in [-0.1, -0.05) is 0 Å². The summed E-state index contributed by atoms with van der Waals surface area (Å²) in [5, 5.41) is 21.9. The predicted molar refractivity (Wildman–Crippen MR) is 111 cm³/mol. The van der Waals surface area contributed by atoms with Gasteiger partial charge in [0.15, 0.2) is 5.75 Å². The second-order valence-electron chi connectivity index (χ2n) is 6.40. The maximum absolute atomic E-state index is 13.7. The first kappa shape index (κ1) is 25.6. The second-order valence-corrected chi connectivity index (χ2v) is 8.49. The Morgan fingerprint density at radius 3 is 2.21 bits per heavy atom. The average molecular weight is 454 g/mol. The van der Waals surface area contributed by atoms with Gasteiger partial charge in [-0.2, -0.15) is 0 Å². The summed E-state index contributed by atoms with van der Waals surface area (Å²) in [6, 6.07) is 2.69. The van der Waals surface area contributed by atoms with Crippen LogP contribution in [-0.4, -0.2) is 73.4 Å². The highest BCUT2D eigenvalue weighted by Gasteiger charge is 2.46. The molecule has 29 heavy (non-hydrogen) atoms. The van der Waals surface area contributed by atoms with Gasteiger partial charge >= 0.3 is 13.3 Å². The molecule has 1 atom stereocenters. The van der Waals surface area contributed by atoms with Crippen LogP contribution in [0.15, 0.2) is 12.1 Å². The molecule has 1 aromatic carbocycles. The molecule has 10 nitrogen and oxygen atoms in total. The normalized spacial score (nSPS) is 16.8. The molecule has 1 unspecified atom stereocenters. The number of likely N-dealkylation sites (N-methyl/N-ethyl adjacent to an activating group) is 1. The third kappa shape index (κ3) is 5.59. The van der Waals surface area contributed by atoms with E-state index in [1.807, 2.05) is 11.9 Å². The second kappa shape index (κ2) is 11.1. The molecular formula is C17H29ClN3O7P. The Kier molecular flexibility index (Phi) is 9.81. The molecule has 0 spiro atoms. The number of hydrogen-bond acceptors (Lipinski definition) is 9. The topological polar surface area (TPSA) is 115 Å². The molecule has 1 aliphatic rings. The number of benzene rings is 1. The van der Waals surface area contributed by atoms with Crippen LogP contribution in [0.4, 0.5) is 5.69 Å². The molecule has 0 amide bonds. The SMILES string of the molecule is CCOP(=O)(OCC)C(c1ccc(O)c(OC)c1[N+](=O)[O-])N1CCN(C)CC1.Cl. The fourth-order valence-electron chi connectivity index (χ4n) is 3.35. The van der Waals surface area contributed by atoms with E-state index in [0.717, 1.165) is 0 Å². The van der Waals surface area contributed by atoms with Crippen molar-refractivity contribution in [3.63, 3.8) is 0 Å². The van der Waals surface area contributed by atoms with E-state index in [4.69, 9.17) is 13.8 Å². The molecule has 1 fully saturated rings. The van der Waals surface area contributed by atoms with Crippen molar-refractivity contribution < 1.29 is 28.4 Å². The van der Waals surface area contributed by atoms with Crippen molar-refractivity contribution in [3.8, 4) is 11.5 Å². The van der Waals surface area contributed by atoms with E-state index in [-0.39, 0.29) is 42.7 Å². The Balaban J connectivity index is 0.00000420. The van der Waals surface area contributed by atoms with Gasteiger partial charge in [0.2, 0.25) is 5.75 Å². The van der Waals surface area contributed by atoms with Crippen LogP contribution in [-0.2, 0) is 13.6 Å². The number of nitro benzene ring substituents is 1. The van der Waals surface area contributed by atoms with Gasteiger partial charge in [-0.25, -0.2) is 0 Å². The molecular weight excluding hydrogens is 425 g/mol. The summed E-state index contributed by atoms with van der Waals surface area (Å²) in [7, 11) is -0.573. The molecule has 2 rings (SSSR count). The summed E-state index contributed by atoms with van der Waals surface area (Å²) in [4.78, 5) is 15.2. The van der Waals surface area contributed by atoms with Crippen LogP contribution in [0.1, 0.15) is 25.2 Å². The minimum atomic E-state index is -3.79. The largest absolute Gasteiger partial charge is 0.504 e. The summed E-state index contributed by atoms with van der Waals surface area (Å²) in [5.74, 6) is -1.63. The van der Waals surface area contributed by atoms with Crippen LogP contribution in [0.3, 0.4) is 0 Å². The number of hydrogen-bond donors (Lipinski definition) is 1. The zero-order chi connectivity index (χ0) is 20.9. The molecule has 166 valence electrons. The van der Waals surface area contributed by atoms with Crippen molar-refractivity contribution in [1.29, 1.82) is 0 Å². The average Bonchev–Trinajstić information content (AvgIpc) is 2.64. The number of piperazine rings is 1. The molecule has 1 aliphatic heterocycles. The number of phenols is 1. The molecule has 1 aromatic rings. The van der Waals surface area contributed by atoms with E-state index in [0.29, 0.717) is 26.2 Å². The third-order valence-corrected chi connectivity index (χ3v) is 7.05. The lowest BCUT2D eigenvalue weighted by Gasteiger charge is -2.40. The number of halogens is 1. The van der Waals surface area contributed by atoms with Crippen LogP contribution in [0.25, 0.3) is 0 Å². The van der Waals surface area contributed by atoms with Crippen molar-refractivity contribution in [1.82, 2.24) is 9.80 Å². The lowest BCUT2D eigenvalue weighted by Crippen LogP contribution is -2.46. The monoisotopic (exact) mass is 453 g/mol. The number of ether oxygens (including phenoxy) is 1. The lowest BCUT2D eigenvalue weighted by atomic mass is 10.1. The molecule has 12 heteroatoms. The molecule has 1 saturated heterocycles. The Bertz CT molecular complexity index is 734. The summed E-state index contributed by atoms with van der Waals surface area (Å²) >= 11 is 0. The Morgan fingerprint density at radius 1 is 1.21 bits per heavy atom. The van der Waals surface area contributed by atoms with Gasteiger partial charge in [-0.05, 0) is 33.0 Å². The molecule has 0 radical (unpaired) electrons. The van der Waals surface area contributed by atoms with Gasteiger partial charge in [0.25, 0.3) is 0 Å². The molecule has 0 saturated carbocycles. The van der Waals surface area contributed by atoms with Gasteiger partial charge in [-0.15, -0.1) is 12.4 Å². The molecule has 0 aliphatic carbocycles. The van der Waals surface area contributed by atoms with Crippen molar-refractivity contribution in [2.24, 2.45) is 0 Å². The van der Waals surface area contributed by atoms with Crippen LogP contribution < -0.4 is 4.74 Å². The van der Waals surface area contributed by atoms with Gasteiger partial charge in [-0.3, -0.25) is 19.6 Å². The number of nitro groups is 1. The maximum Gasteiger partial charge on any atom is 0.352 e.